The topological polar surface area (TPSA) is 9.23 Å². The molecule has 0 aromatic rings. The largest absolute Gasteiger partial charge is 0.546 e. The summed E-state index contributed by atoms with van der Waals surface area (Å²) >= 11 is 0. The highest BCUT2D eigenvalue weighted by Gasteiger charge is 2.39. The van der Waals surface area contributed by atoms with Crippen LogP contribution in [0.4, 0.5) is 0 Å². The lowest BCUT2D eigenvalue weighted by Crippen LogP contribution is -2.40. The van der Waals surface area contributed by atoms with Crippen LogP contribution in [0.15, 0.2) is 24.0 Å². The van der Waals surface area contributed by atoms with E-state index in [-0.39, 0.29) is 0 Å². The fourth-order valence-corrected chi connectivity index (χ4v) is 2.10. The van der Waals surface area contributed by atoms with Gasteiger partial charge in [0, 0.05) is 6.42 Å². The molecule has 0 saturated carbocycles. The van der Waals surface area contributed by atoms with Gasteiger partial charge in [0.1, 0.15) is 0 Å². The molecule has 0 aromatic heterocycles. The number of allylic oxidation sites excluding steroid dienone is 3. The first kappa shape index (κ1) is 10.6. The molecule has 13 heavy (non-hydrogen) atoms. The van der Waals surface area contributed by atoms with Crippen molar-refractivity contribution in [3.05, 3.63) is 24.0 Å². The quantitative estimate of drug-likeness (QED) is 0.610. The Balaban J connectivity index is 2.62. The van der Waals surface area contributed by atoms with Crippen molar-refractivity contribution in [1.29, 1.82) is 0 Å². The first-order valence-corrected chi connectivity index (χ1v) is 7.78. The molecule has 1 aliphatic rings. The lowest BCUT2D eigenvalue weighted by atomic mass is 10.2. The predicted molar refractivity (Wildman–Crippen MR) is 60.1 cm³/mol. The highest BCUT2D eigenvalue weighted by Crippen LogP contribution is 2.38. The SMILES string of the molecule is CC(C)(C)[Si](C)(C)OC1=CC=CC1. The average molecular weight is 196 g/mol. The summed E-state index contributed by atoms with van der Waals surface area (Å²) in [6.07, 6.45) is 7.28. The first-order chi connectivity index (χ1) is 5.83. The summed E-state index contributed by atoms with van der Waals surface area (Å²) in [4.78, 5) is 0. The monoisotopic (exact) mass is 196 g/mol. The Morgan fingerprint density at radius 3 is 2.31 bits per heavy atom. The van der Waals surface area contributed by atoms with Gasteiger partial charge >= 0.3 is 0 Å². The van der Waals surface area contributed by atoms with Crippen LogP contribution in [-0.2, 0) is 4.43 Å². The van der Waals surface area contributed by atoms with Crippen LogP contribution >= 0.6 is 0 Å². The zero-order valence-corrected chi connectivity index (χ0v) is 10.3. The Hall–Kier alpha value is -0.503. The van der Waals surface area contributed by atoms with E-state index in [4.69, 9.17) is 4.43 Å². The van der Waals surface area contributed by atoms with Crippen molar-refractivity contribution >= 4 is 8.32 Å². The summed E-state index contributed by atoms with van der Waals surface area (Å²) in [5.41, 5.74) is 0. The van der Waals surface area contributed by atoms with E-state index < -0.39 is 8.32 Å². The summed E-state index contributed by atoms with van der Waals surface area (Å²) in [7, 11) is -1.58. The van der Waals surface area contributed by atoms with E-state index in [1.54, 1.807) is 0 Å². The third-order valence-corrected chi connectivity index (χ3v) is 7.31. The second-order valence-corrected chi connectivity index (χ2v) is 9.85. The first-order valence-electron chi connectivity index (χ1n) is 4.88. The van der Waals surface area contributed by atoms with Crippen molar-refractivity contribution < 1.29 is 4.43 Å². The lowest BCUT2D eigenvalue weighted by molar-refractivity contribution is 0.379. The van der Waals surface area contributed by atoms with Crippen molar-refractivity contribution in [3.63, 3.8) is 0 Å². The minimum Gasteiger partial charge on any atom is -0.546 e. The van der Waals surface area contributed by atoms with Gasteiger partial charge in [0.2, 0.25) is 8.32 Å². The van der Waals surface area contributed by atoms with Crippen LogP contribution in [0, 0.1) is 0 Å². The van der Waals surface area contributed by atoms with E-state index in [1.165, 1.54) is 0 Å². The van der Waals surface area contributed by atoms with Gasteiger partial charge in [-0.2, -0.15) is 0 Å². The Labute approximate surface area is 82.6 Å². The van der Waals surface area contributed by atoms with Gasteiger partial charge in [0.15, 0.2) is 0 Å². The molecule has 0 fully saturated rings. The third kappa shape index (κ3) is 2.47. The minimum absolute atomic E-state index is 0.302. The van der Waals surface area contributed by atoms with Gasteiger partial charge in [-0.25, -0.2) is 0 Å². The molecule has 74 valence electrons. The molecule has 0 aromatic carbocycles. The second-order valence-electron chi connectivity index (χ2n) is 5.13. The minimum atomic E-state index is -1.58. The van der Waals surface area contributed by atoms with Crippen LogP contribution in [0.5, 0.6) is 0 Å². The van der Waals surface area contributed by atoms with Gasteiger partial charge in [0.25, 0.3) is 0 Å². The number of rotatable bonds is 2. The maximum atomic E-state index is 6.10. The van der Waals surface area contributed by atoms with Gasteiger partial charge in [-0.1, -0.05) is 32.9 Å². The zero-order chi connectivity index (χ0) is 10.1. The maximum Gasteiger partial charge on any atom is 0.250 e. The van der Waals surface area contributed by atoms with E-state index in [0.717, 1.165) is 12.2 Å². The van der Waals surface area contributed by atoms with E-state index in [1.807, 2.05) is 0 Å². The molecule has 1 nitrogen and oxygen atoms in total. The predicted octanol–water partition coefficient (Wildman–Crippen LogP) is 3.85. The summed E-state index contributed by atoms with van der Waals surface area (Å²) < 4.78 is 6.10. The Kier molecular flexibility index (Phi) is 2.71. The third-order valence-electron chi connectivity index (χ3n) is 2.93. The van der Waals surface area contributed by atoms with E-state index in [2.05, 4.69) is 52.1 Å². The van der Waals surface area contributed by atoms with Crippen molar-refractivity contribution in [2.45, 2.75) is 45.3 Å². The van der Waals surface area contributed by atoms with Crippen LogP contribution in [0.3, 0.4) is 0 Å². The number of hydrogen-bond donors (Lipinski definition) is 0. The van der Waals surface area contributed by atoms with Crippen molar-refractivity contribution in [3.8, 4) is 0 Å². The lowest BCUT2D eigenvalue weighted by Gasteiger charge is -2.36. The van der Waals surface area contributed by atoms with Crippen molar-refractivity contribution in [1.82, 2.24) is 0 Å². The molecule has 0 heterocycles. The highest BCUT2D eigenvalue weighted by molar-refractivity contribution is 6.74. The van der Waals surface area contributed by atoms with E-state index in [0.29, 0.717) is 5.04 Å². The molecule has 0 bridgehead atoms. The van der Waals surface area contributed by atoms with Crippen LogP contribution in [0.25, 0.3) is 0 Å². The molecule has 0 aliphatic heterocycles. The van der Waals surface area contributed by atoms with Gasteiger partial charge < -0.3 is 4.43 Å². The fourth-order valence-electron chi connectivity index (χ4n) is 0.984. The molecule has 1 rings (SSSR count). The Bertz CT molecular complexity index is 243. The maximum absolute atomic E-state index is 6.10. The number of hydrogen-bond acceptors (Lipinski definition) is 1. The van der Waals surface area contributed by atoms with E-state index >= 15 is 0 Å². The molecule has 0 radical (unpaired) electrons. The fraction of sp³-hybridized carbons (Fsp3) is 0.636. The van der Waals surface area contributed by atoms with Crippen LogP contribution in [-0.4, -0.2) is 8.32 Å². The molecule has 0 spiro atoms. The van der Waals surface area contributed by atoms with Crippen molar-refractivity contribution in [2.24, 2.45) is 0 Å². The van der Waals surface area contributed by atoms with Crippen LogP contribution in [0.1, 0.15) is 27.2 Å². The van der Waals surface area contributed by atoms with Gasteiger partial charge in [-0.15, -0.1) is 0 Å². The normalized spacial score (nSPS) is 17.5. The second kappa shape index (κ2) is 3.33. The standard InChI is InChI=1S/C11H20OSi/c1-11(2,3)13(4,5)12-10-8-6-7-9-10/h6-8H,9H2,1-5H3. The molecular weight excluding hydrogens is 176 g/mol. The molecular formula is C11H20OSi. The summed E-state index contributed by atoms with van der Waals surface area (Å²) in [5.74, 6) is 1.14. The van der Waals surface area contributed by atoms with Crippen molar-refractivity contribution in [2.75, 3.05) is 0 Å². The van der Waals surface area contributed by atoms with E-state index in [9.17, 15) is 0 Å². The molecule has 0 atom stereocenters. The molecule has 0 saturated heterocycles. The Morgan fingerprint density at radius 1 is 1.31 bits per heavy atom. The Morgan fingerprint density at radius 2 is 1.92 bits per heavy atom. The average Bonchev–Trinajstić information content (AvgIpc) is 2.35. The van der Waals surface area contributed by atoms with Crippen LogP contribution in [0.2, 0.25) is 18.1 Å². The summed E-state index contributed by atoms with van der Waals surface area (Å²) in [6, 6.07) is 0. The van der Waals surface area contributed by atoms with Gasteiger partial charge in [0.05, 0.1) is 5.76 Å². The summed E-state index contributed by atoms with van der Waals surface area (Å²) in [5, 5.41) is 0.302. The van der Waals surface area contributed by atoms with Crippen LogP contribution < -0.4 is 0 Å². The summed E-state index contributed by atoms with van der Waals surface area (Å²) in [6.45, 7) is 11.4. The molecule has 1 aliphatic carbocycles. The molecule has 0 amide bonds. The highest BCUT2D eigenvalue weighted by atomic mass is 28.4. The van der Waals surface area contributed by atoms with Gasteiger partial charge in [-0.3, -0.25) is 0 Å². The smallest absolute Gasteiger partial charge is 0.250 e. The molecule has 2 heteroatoms. The molecule has 0 unspecified atom stereocenters. The molecule has 0 N–H and O–H groups in total. The van der Waals surface area contributed by atoms with Gasteiger partial charge in [-0.05, 0) is 24.2 Å². The zero-order valence-electron chi connectivity index (χ0n) is 9.35.